The number of hydrogen-bond acceptors (Lipinski definition) is 7. The van der Waals surface area contributed by atoms with Crippen molar-refractivity contribution in [3.8, 4) is 0 Å². The minimum Gasteiger partial charge on any atom is -0.447 e. The van der Waals surface area contributed by atoms with Crippen molar-refractivity contribution in [3.05, 3.63) is 47.2 Å². The number of hydrogen-bond donors (Lipinski definition) is 0. The van der Waals surface area contributed by atoms with Crippen molar-refractivity contribution in [2.24, 2.45) is 0 Å². The van der Waals surface area contributed by atoms with Crippen LogP contribution in [0.4, 0.5) is 16.3 Å². The van der Waals surface area contributed by atoms with Gasteiger partial charge in [-0.25, -0.2) is 18.2 Å². The Morgan fingerprint density at radius 2 is 1.81 bits per heavy atom. The summed E-state index contributed by atoms with van der Waals surface area (Å²) >= 11 is 0. The first-order valence-electron chi connectivity index (χ1n) is 11.9. The van der Waals surface area contributed by atoms with E-state index in [1.807, 2.05) is 13.1 Å². The first-order valence-corrected chi connectivity index (χ1v) is 13.8. The molecule has 3 aliphatic rings. The van der Waals surface area contributed by atoms with Crippen molar-refractivity contribution in [2.75, 3.05) is 48.8 Å². The van der Waals surface area contributed by atoms with Crippen LogP contribution in [0.15, 0.2) is 35.4 Å². The number of nitrogens with zero attached hydrogens (tertiary/aromatic N) is 4. The van der Waals surface area contributed by atoms with Crippen LogP contribution in [-0.4, -0.2) is 75.4 Å². The zero-order chi connectivity index (χ0) is 24.9. The van der Waals surface area contributed by atoms with Crippen LogP contribution in [0.3, 0.4) is 0 Å². The van der Waals surface area contributed by atoms with Gasteiger partial charge in [-0.1, -0.05) is 6.07 Å². The molecule has 1 aliphatic carbocycles. The van der Waals surface area contributed by atoms with E-state index in [-0.39, 0.29) is 41.4 Å². The van der Waals surface area contributed by atoms with E-state index < -0.39 is 15.9 Å². The Balaban J connectivity index is 0.00000304. The van der Waals surface area contributed by atoms with E-state index in [1.54, 1.807) is 11.0 Å². The topological polar surface area (TPSA) is 100 Å². The summed E-state index contributed by atoms with van der Waals surface area (Å²) in [4.78, 5) is 35.5. The molecule has 2 saturated heterocycles. The van der Waals surface area contributed by atoms with Gasteiger partial charge in [-0.15, -0.1) is 12.4 Å². The first kappa shape index (κ1) is 26.2. The zero-order valence-electron chi connectivity index (χ0n) is 20.6. The van der Waals surface area contributed by atoms with Gasteiger partial charge in [0, 0.05) is 44.3 Å². The van der Waals surface area contributed by atoms with Gasteiger partial charge in [0.15, 0.2) is 9.84 Å². The number of aromatic nitrogens is 1. The number of rotatable bonds is 5. The van der Waals surface area contributed by atoms with Gasteiger partial charge in [-0.05, 0) is 61.9 Å². The first-order chi connectivity index (χ1) is 16.6. The van der Waals surface area contributed by atoms with Crippen LogP contribution in [0.5, 0.6) is 0 Å². The van der Waals surface area contributed by atoms with E-state index >= 15 is 0 Å². The maximum Gasteiger partial charge on any atom is 0.414 e. The van der Waals surface area contributed by atoms with Gasteiger partial charge < -0.3 is 14.5 Å². The van der Waals surface area contributed by atoms with Gasteiger partial charge in [-0.2, -0.15) is 0 Å². The maximum absolute atomic E-state index is 13.4. The van der Waals surface area contributed by atoms with E-state index in [0.29, 0.717) is 37.8 Å². The molecule has 11 heteroatoms. The zero-order valence-corrected chi connectivity index (χ0v) is 22.3. The third-order valence-electron chi connectivity index (χ3n) is 6.87. The van der Waals surface area contributed by atoms with Crippen molar-refractivity contribution in [2.45, 2.75) is 43.5 Å². The van der Waals surface area contributed by atoms with Crippen molar-refractivity contribution >= 4 is 45.7 Å². The van der Waals surface area contributed by atoms with E-state index in [1.165, 1.54) is 35.4 Å². The summed E-state index contributed by atoms with van der Waals surface area (Å²) in [6.07, 6.45) is 4.82. The Kier molecular flexibility index (Phi) is 7.21. The molecule has 36 heavy (non-hydrogen) atoms. The van der Waals surface area contributed by atoms with Crippen molar-refractivity contribution in [3.63, 3.8) is 0 Å². The standard InChI is InChI=1S/C25H30N4O5S.ClH/c1-16-12-21(18-4-5-18)23(26-14-16)27-8-10-28(11-9-27)24(30)20-7-6-19(13-22(20)35(3,32)33)29-17(2)15-34-25(29)31;/h6-7,12-14,17-18H,4-5,8-11,15H2,1-3H3;1H/t17-;/m1./s1. The quantitative estimate of drug-likeness (QED) is 0.579. The molecular weight excluding hydrogens is 504 g/mol. The fourth-order valence-electron chi connectivity index (χ4n) is 4.86. The number of cyclic esters (lactones) is 1. The molecule has 0 spiro atoms. The largest absolute Gasteiger partial charge is 0.447 e. The van der Waals surface area contributed by atoms with Crippen molar-refractivity contribution in [1.29, 1.82) is 0 Å². The Labute approximate surface area is 217 Å². The highest BCUT2D eigenvalue weighted by Crippen LogP contribution is 2.44. The summed E-state index contributed by atoms with van der Waals surface area (Å²) < 4.78 is 30.3. The van der Waals surface area contributed by atoms with E-state index in [0.717, 1.165) is 17.6 Å². The number of anilines is 2. The fraction of sp³-hybridized carbons (Fsp3) is 0.480. The second-order valence-electron chi connectivity index (χ2n) is 9.73. The van der Waals surface area contributed by atoms with Crippen molar-refractivity contribution in [1.82, 2.24) is 9.88 Å². The number of benzene rings is 1. The molecule has 9 nitrogen and oxygen atoms in total. The molecule has 3 heterocycles. The lowest BCUT2D eigenvalue weighted by Gasteiger charge is -2.36. The lowest BCUT2D eigenvalue weighted by Crippen LogP contribution is -2.49. The summed E-state index contributed by atoms with van der Waals surface area (Å²) in [6.45, 7) is 6.31. The monoisotopic (exact) mass is 534 g/mol. The summed E-state index contributed by atoms with van der Waals surface area (Å²) in [5.41, 5.74) is 2.96. The molecule has 194 valence electrons. The van der Waals surface area contributed by atoms with E-state index in [4.69, 9.17) is 9.72 Å². The molecule has 0 bridgehead atoms. The minimum absolute atomic E-state index is 0. The number of carbonyl (C=O) groups excluding carboxylic acids is 2. The van der Waals surface area contributed by atoms with Gasteiger partial charge in [0.25, 0.3) is 5.91 Å². The molecule has 2 aromatic rings. The highest BCUT2D eigenvalue weighted by Gasteiger charge is 2.34. The molecule has 1 atom stereocenters. The van der Waals surface area contributed by atoms with Gasteiger partial charge >= 0.3 is 6.09 Å². The van der Waals surface area contributed by atoms with Gasteiger partial charge in [0.05, 0.1) is 16.5 Å². The molecule has 0 N–H and O–H groups in total. The number of pyridine rings is 1. The Morgan fingerprint density at radius 1 is 1.11 bits per heavy atom. The normalized spacial score (nSPS) is 20.2. The van der Waals surface area contributed by atoms with Crippen LogP contribution in [-0.2, 0) is 14.6 Å². The van der Waals surface area contributed by atoms with Gasteiger partial charge in [0.2, 0.25) is 0 Å². The third kappa shape index (κ3) is 5.01. The molecule has 3 fully saturated rings. The number of ether oxygens (including phenoxy) is 1. The van der Waals surface area contributed by atoms with Gasteiger partial charge in [-0.3, -0.25) is 9.69 Å². The number of carbonyl (C=O) groups is 2. The van der Waals surface area contributed by atoms with Crippen LogP contribution in [0.25, 0.3) is 0 Å². The molecule has 1 aromatic carbocycles. The smallest absolute Gasteiger partial charge is 0.414 e. The second kappa shape index (κ2) is 9.89. The molecule has 5 rings (SSSR count). The Bertz CT molecular complexity index is 1290. The van der Waals surface area contributed by atoms with Crippen LogP contribution >= 0.6 is 12.4 Å². The Hall–Kier alpha value is -2.85. The average molecular weight is 535 g/mol. The van der Waals surface area contributed by atoms with Crippen LogP contribution in [0.1, 0.15) is 47.2 Å². The number of piperazine rings is 1. The second-order valence-corrected chi connectivity index (χ2v) is 11.7. The summed E-state index contributed by atoms with van der Waals surface area (Å²) in [7, 11) is -3.72. The lowest BCUT2D eigenvalue weighted by atomic mass is 10.1. The minimum atomic E-state index is -3.72. The van der Waals surface area contributed by atoms with E-state index in [9.17, 15) is 18.0 Å². The van der Waals surface area contributed by atoms with E-state index in [2.05, 4.69) is 17.9 Å². The van der Waals surface area contributed by atoms with Crippen molar-refractivity contribution < 1.29 is 22.7 Å². The number of halogens is 1. The maximum atomic E-state index is 13.4. The summed E-state index contributed by atoms with van der Waals surface area (Å²) in [6, 6.07) is 6.51. The third-order valence-corrected chi connectivity index (χ3v) is 8.01. The number of aryl methyl sites for hydroxylation is 1. The molecule has 1 saturated carbocycles. The van der Waals surface area contributed by atoms with Crippen LogP contribution in [0, 0.1) is 6.92 Å². The highest BCUT2D eigenvalue weighted by atomic mass is 35.5. The molecular formula is C25H31ClN4O5S. The fourth-order valence-corrected chi connectivity index (χ4v) is 5.75. The molecule has 0 unspecified atom stereocenters. The lowest BCUT2D eigenvalue weighted by molar-refractivity contribution is 0.0742. The van der Waals surface area contributed by atoms with Crippen LogP contribution < -0.4 is 9.80 Å². The summed E-state index contributed by atoms with van der Waals surface area (Å²) in [5, 5.41) is 0. The van der Waals surface area contributed by atoms with Gasteiger partial charge in [0.1, 0.15) is 12.4 Å². The predicted molar refractivity (Wildman–Crippen MR) is 139 cm³/mol. The number of amides is 2. The molecule has 1 aromatic heterocycles. The predicted octanol–water partition coefficient (Wildman–Crippen LogP) is 3.40. The molecule has 2 aliphatic heterocycles. The summed E-state index contributed by atoms with van der Waals surface area (Å²) in [5.74, 6) is 1.24. The Morgan fingerprint density at radius 3 is 2.39 bits per heavy atom. The SMILES string of the molecule is Cc1cnc(N2CCN(C(=O)c3ccc(N4C(=O)OC[C@H]4C)cc3S(C)(=O)=O)CC2)c(C2CC2)c1.Cl. The molecule has 2 amide bonds. The molecule has 0 radical (unpaired) electrons. The van der Waals surface area contributed by atoms with Crippen LogP contribution in [0.2, 0.25) is 0 Å². The highest BCUT2D eigenvalue weighted by molar-refractivity contribution is 7.90. The number of sulfone groups is 1. The average Bonchev–Trinajstić information content (AvgIpc) is 3.62.